The minimum atomic E-state index is -0.292. The summed E-state index contributed by atoms with van der Waals surface area (Å²) in [4.78, 5) is 21.9. The molecule has 0 atom stereocenters. The van der Waals surface area contributed by atoms with Crippen molar-refractivity contribution in [2.75, 3.05) is 5.32 Å². The molecule has 1 amide bonds. The number of esters is 1. The highest BCUT2D eigenvalue weighted by Gasteiger charge is 2.13. The molecule has 0 fully saturated rings. The van der Waals surface area contributed by atoms with Crippen molar-refractivity contribution in [3.8, 4) is 0 Å². The van der Waals surface area contributed by atoms with Gasteiger partial charge in [0.25, 0.3) is 0 Å². The molecule has 0 saturated carbocycles. The van der Waals surface area contributed by atoms with Crippen molar-refractivity contribution in [2.45, 2.75) is 26.7 Å². The maximum Gasteiger partial charge on any atom is 0.307 e. The van der Waals surface area contributed by atoms with Crippen LogP contribution in [0, 0.1) is 0 Å². The van der Waals surface area contributed by atoms with Crippen molar-refractivity contribution >= 4 is 23.6 Å². The van der Waals surface area contributed by atoms with Crippen LogP contribution in [0.5, 0.6) is 0 Å². The summed E-state index contributed by atoms with van der Waals surface area (Å²) in [6.07, 6.45) is 3.38. The number of allylic oxidation sites excluding steroid dienone is 1. The third kappa shape index (κ3) is 2.97. The van der Waals surface area contributed by atoms with Gasteiger partial charge in [-0.2, -0.15) is 0 Å². The Labute approximate surface area is 106 Å². The summed E-state index contributed by atoms with van der Waals surface area (Å²) in [6.45, 7) is 2.88. The van der Waals surface area contributed by atoms with Gasteiger partial charge in [-0.05, 0) is 35.8 Å². The molecular weight excluding hydrogens is 230 g/mol. The molecule has 2 rings (SSSR count). The predicted octanol–water partition coefficient (Wildman–Crippen LogP) is 2.50. The zero-order valence-corrected chi connectivity index (χ0v) is 10.4. The highest BCUT2D eigenvalue weighted by molar-refractivity contribution is 5.89. The fourth-order valence-electron chi connectivity index (χ4n) is 2.01. The first-order valence-corrected chi connectivity index (χ1v) is 5.84. The van der Waals surface area contributed by atoms with Crippen LogP contribution < -0.4 is 5.32 Å². The molecule has 1 aliphatic carbocycles. The van der Waals surface area contributed by atoms with E-state index in [0.29, 0.717) is 12.2 Å². The first-order valence-electron chi connectivity index (χ1n) is 5.84. The zero-order valence-electron chi connectivity index (χ0n) is 10.4. The second-order valence-corrected chi connectivity index (χ2v) is 4.30. The molecular formula is C14H15NO3. The number of anilines is 1. The molecule has 1 aliphatic rings. The Hall–Kier alpha value is -2.10. The molecule has 0 saturated heterocycles. The van der Waals surface area contributed by atoms with Crippen LogP contribution in [0.2, 0.25) is 0 Å². The number of carbonyl (C=O) groups is 2. The number of benzene rings is 1. The van der Waals surface area contributed by atoms with E-state index < -0.39 is 0 Å². The lowest BCUT2D eigenvalue weighted by Crippen LogP contribution is -2.08. The summed E-state index contributed by atoms with van der Waals surface area (Å²) >= 11 is 0. The van der Waals surface area contributed by atoms with Crippen molar-refractivity contribution in [1.82, 2.24) is 0 Å². The number of rotatable bonds is 2. The van der Waals surface area contributed by atoms with E-state index in [9.17, 15) is 9.59 Å². The smallest absolute Gasteiger partial charge is 0.307 e. The van der Waals surface area contributed by atoms with E-state index in [2.05, 4.69) is 5.32 Å². The van der Waals surface area contributed by atoms with Crippen molar-refractivity contribution in [2.24, 2.45) is 0 Å². The van der Waals surface area contributed by atoms with Crippen LogP contribution in [0.4, 0.5) is 5.69 Å². The molecule has 0 unspecified atom stereocenters. The molecule has 0 radical (unpaired) electrons. The van der Waals surface area contributed by atoms with Gasteiger partial charge in [0.1, 0.15) is 5.76 Å². The molecule has 1 aromatic rings. The van der Waals surface area contributed by atoms with E-state index in [0.717, 1.165) is 23.2 Å². The Morgan fingerprint density at radius 1 is 1.22 bits per heavy atom. The highest BCUT2D eigenvalue weighted by Crippen LogP contribution is 2.27. The average Bonchev–Trinajstić information content (AvgIpc) is 2.27. The number of hydrogen-bond acceptors (Lipinski definition) is 3. The Kier molecular flexibility index (Phi) is 3.46. The molecule has 0 spiro atoms. The second-order valence-electron chi connectivity index (χ2n) is 4.30. The summed E-state index contributed by atoms with van der Waals surface area (Å²) < 4.78 is 5.10. The maximum atomic E-state index is 11.0. The standard InChI is InChI=1S/C14H15NO3/c1-9(16)15-13-5-3-12-8-14(18-10(2)17)6-4-11(12)7-13/h3,5,7-8H,4,6H2,1-2H3,(H,15,16). The Morgan fingerprint density at radius 3 is 2.67 bits per heavy atom. The third-order valence-corrected chi connectivity index (χ3v) is 2.70. The summed E-state index contributed by atoms with van der Waals surface area (Å²) in [6, 6.07) is 5.72. The van der Waals surface area contributed by atoms with Gasteiger partial charge in [0.15, 0.2) is 0 Å². The predicted molar refractivity (Wildman–Crippen MR) is 68.8 cm³/mol. The minimum absolute atomic E-state index is 0.0816. The molecule has 1 aromatic carbocycles. The molecule has 18 heavy (non-hydrogen) atoms. The van der Waals surface area contributed by atoms with E-state index in [-0.39, 0.29) is 11.9 Å². The minimum Gasteiger partial charge on any atom is -0.431 e. The Morgan fingerprint density at radius 2 is 2.00 bits per heavy atom. The Balaban J connectivity index is 2.22. The normalized spacial score (nSPS) is 13.3. The third-order valence-electron chi connectivity index (χ3n) is 2.70. The maximum absolute atomic E-state index is 11.0. The van der Waals surface area contributed by atoms with Crippen molar-refractivity contribution in [1.29, 1.82) is 0 Å². The molecule has 94 valence electrons. The van der Waals surface area contributed by atoms with Gasteiger partial charge < -0.3 is 10.1 Å². The van der Waals surface area contributed by atoms with E-state index in [1.165, 1.54) is 13.8 Å². The number of nitrogens with one attached hydrogen (secondary N) is 1. The monoisotopic (exact) mass is 245 g/mol. The molecule has 4 heteroatoms. The van der Waals surface area contributed by atoms with Crippen molar-refractivity contribution < 1.29 is 14.3 Å². The second kappa shape index (κ2) is 5.04. The molecule has 0 heterocycles. The van der Waals surface area contributed by atoms with E-state index in [1.807, 2.05) is 24.3 Å². The first kappa shape index (κ1) is 12.4. The zero-order chi connectivity index (χ0) is 13.1. The van der Waals surface area contributed by atoms with Gasteiger partial charge in [-0.25, -0.2) is 0 Å². The van der Waals surface area contributed by atoms with Gasteiger partial charge in [0.2, 0.25) is 5.91 Å². The number of ether oxygens (including phenoxy) is 1. The van der Waals surface area contributed by atoms with Gasteiger partial charge in [0, 0.05) is 26.0 Å². The number of aryl methyl sites for hydroxylation is 1. The molecule has 1 N–H and O–H groups in total. The molecule has 4 nitrogen and oxygen atoms in total. The summed E-state index contributed by atoms with van der Waals surface area (Å²) in [5.74, 6) is 0.323. The molecule has 0 aliphatic heterocycles. The number of carbonyl (C=O) groups excluding carboxylic acids is 2. The van der Waals surface area contributed by atoms with Gasteiger partial charge in [-0.15, -0.1) is 0 Å². The van der Waals surface area contributed by atoms with Crippen LogP contribution in [-0.4, -0.2) is 11.9 Å². The molecule has 0 bridgehead atoms. The van der Waals surface area contributed by atoms with Crippen LogP contribution in [0.15, 0.2) is 24.0 Å². The Bertz CT molecular complexity index is 532. The lowest BCUT2D eigenvalue weighted by atomic mass is 9.95. The quantitative estimate of drug-likeness (QED) is 0.814. The largest absolute Gasteiger partial charge is 0.431 e. The lowest BCUT2D eigenvalue weighted by Gasteiger charge is -2.16. The molecule has 0 aromatic heterocycles. The lowest BCUT2D eigenvalue weighted by molar-refractivity contribution is -0.137. The van der Waals surface area contributed by atoms with E-state index >= 15 is 0 Å². The number of hydrogen-bond donors (Lipinski definition) is 1. The fraction of sp³-hybridized carbons (Fsp3) is 0.286. The topological polar surface area (TPSA) is 55.4 Å². The van der Waals surface area contributed by atoms with Crippen LogP contribution in [-0.2, 0) is 20.7 Å². The number of fused-ring (bicyclic) bond motifs is 1. The van der Waals surface area contributed by atoms with Gasteiger partial charge in [0.05, 0.1) is 0 Å². The highest BCUT2D eigenvalue weighted by atomic mass is 16.5. The SMILES string of the molecule is CC(=O)Nc1ccc2c(c1)CCC(OC(C)=O)=C2. The van der Waals surface area contributed by atoms with Crippen LogP contribution in [0.3, 0.4) is 0 Å². The van der Waals surface area contributed by atoms with Crippen LogP contribution in [0.25, 0.3) is 6.08 Å². The average molecular weight is 245 g/mol. The van der Waals surface area contributed by atoms with E-state index in [1.54, 1.807) is 0 Å². The summed E-state index contributed by atoms with van der Waals surface area (Å²) in [5, 5.41) is 2.75. The number of amides is 1. The van der Waals surface area contributed by atoms with Gasteiger partial charge in [-0.3, -0.25) is 9.59 Å². The van der Waals surface area contributed by atoms with Gasteiger partial charge in [-0.1, -0.05) is 6.07 Å². The summed E-state index contributed by atoms with van der Waals surface area (Å²) in [5.41, 5.74) is 2.98. The first-order chi connectivity index (χ1) is 8.54. The van der Waals surface area contributed by atoms with Crippen molar-refractivity contribution in [3.05, 3.63) is 35.1 Å². The fourth-order valence-corrected chi connectivity index (χ4v) is 2.01. The van der Waals surface area contributed by atoms with Crippen LogP contribution in [0.1, 0.15) is 31.4 Å². The van der Waals surface area contributed by atoms with Gasteiger partial charge >= 0.3 is 5.97 Å². The van der Waals surface area contributed by atoms with Crippen LogP contribution >= 0.6 is 0 Å². The summed E-state index contributed by atoms with van der Waals surface area (Å²) in [7, 11) is 0. The van der Waals surface area contributed by atoms with E-state index in [4.69, 9.17) is 4.74 Å². The van der Waals surface area contributed by atoms with Crippen molar-refractivity contribution in [3.63, 3.8) is 0 Å².